The monoisotopic (exact) mass is 167 g/mol. The molecule has 0 aliphatic heterocycles. The van der Waals surface area contributed by atoms with Gasteiger partial charge in [0.1, 0.15) is 5.76 Å². The molecule has 0 saturated carbocycles. The third-order valence-corrected chi connectivity index (χ3v) is 2.16. The summed E-state index contributed by atoms with van der Waals surface area (Å²) in [6.07, 6.45) is 2.99. The van der Waals surface area contributed by atoms with Crippen molar-refractivity contribution in [1.82, 2.24) is 5.16 Å². The largest absolute Gasteiger partial charge is 0.469 e. The topological polar surface area (TPSA) is 52.3 Å². The first-order valence-corrected chi connectivity index (χ1v) is 3.81. The zero-order chi connectivity index (χ0) is 8.55. The quantitative estimate of drug-likeness (QED) is 0.573. The van der Waals surface area contributed by atoms with Gasteiger partial charge in [-0.25, -0.2) is 0 Å². The van der Waals surface area contributed by atoms with Crippen molar-refractivity contribution in [2.45, 2.75) is 12.8 Å². The van der Waals surface area contributed by atoms with Gasteiger partial charge in [0.05, 0.1) is 19.2 Å². The highest BCUT2D eigenvalue weighted by Gasteiger charge is 2.30. The minimum absolute atomic E-state index is 0.0632. The van der Waals surface area contributed by atoms with Gasteiger partial charge in [-0.2, -0.15) is 0 Å². The Morgan fingerprint density at radius 2 is 2.58 bits per heavy atom. The lowest BCUT2D eigenvalue weighted by Crippen LogP contribution is -2.16. The molecular weight excluding hydrogens is 158 g/mol. The maximum Gasteiger partial charge on any atom is 0.309 e. The molecule has 0 fully saturated rings. The van der Waals surface area contributed by atoms with E-state index in [1.165, 1.54) is 7.11 Å². The highest BCUT2D eigenvalue weighted by atomic mass is 16.5. The first-order chi connectivity index (χ1) is 5.81. The van der Waals surface area contributed by atoms with Crippen LogP contribution >= 0.6 is 0 Å². The Morgan fingerprint density at radius 1 is 1.75 bits per heavy atom. The van der Waals surface area contributed by atoms with E-state index in [2.05, 4.69) is 9.89 Å². The summed E-state index contributed by atoms with van der Waals surface area (Å²) in [6, 6.07) is 0. The van der Waals surface area contributed by atoms with Crippen LogP contribution in [-0.4, -0.2) is 18.2 Å². The van der Waals surface area contributed by atoms with Gasteiger partial charge < -0.3 is 9.26 Å². The van der Waals surface area contributed by atoms with Gasteiger partial charge in [-0.3, -0.25) is 4.79 Å². The molecular formula is C8H9NO3. The van der Waals surface area contributed by atoms with E-state index in [9.17, 15) is 4.79 Å². The number of carbonyl (C=O) groups is 1. The Labute approximate surface area is 69.5 Å². The van der Waals surface area contributed by atoms with Gasteiger partial charge in [-0.1, -0.05) is 5.16 Å². The minimum atomic E-state index is -0.165. The maximum atomic E-state index is 11.1. The van der Waals surface area contributed by atoms with Crippen molar-refractivity contribution in [2.24, 2.45) is 5.92 Å². The average molecular weight is 167 g/mol. The fourth-order valence-electron chi connectivity index (χ4n) is 1.51. The van der Waals surface area contributed by atoms with Crippen LogP contribution in [0, 0.1) is 5.92 Å². The molecule has 1 aliphatic carbocycles. The maximum absolute atomic E-state index is 11.1. The first kappa shape index (κ1) is 7.34. The molecule has 0 saturated heterocycles. The van der Waals surface area contributed by atoms with Crippen molar-refractivity contribution in [3.05, 3.63) is 17.5 Å². The fourth-order valence-corrected chi connectivity index (χ4v) is 1.51. The number of carbonyl (C=O) groups excluding carboxylic acids is 1. The van der Waals surface area contributed by atoms with Crippen LogP contribution in [-0.2, 0) is 22.4 Å². The van der Waals surface area contributed by atoms with Crippen LogP contribution in [0.1, 0.15) is 11.3 Å². The van der Waals surface area contributed by atoms with Crippen molar-refractivity contribution in [2.75, 3.05) is 7.11 Å². The van der Waals surface area contributed by atoms with E-state index < -0.39 is 0 Å². The summed E-state index contributed by atoms with van der Waals surface area (Å²) in [6.45, 7) is 0. The second-order valence-corrected chi connectivity index (χ2v) is 2.90. The van der Waals surface area contributed by atoms with Crippen LogP contribution in [0.15, 0.2) is 10.7 Å². The Kier molecular flexibility index (Phi) is 1.60. The molecule has 1 aromatic rings. The molecule has 0 spiro atoms. The molecule has 1 atom stereocenters. The SMILES string of the molecule is COC(=O)C1Cc2cnoc2C1. The summed E-state index contributed by atoms with van der Waals surface area (Å²) in [7, 11) is 1.40. The highest BCUT2D eigenvalue weighted by Crippen LogP contribution is 2.26. The predicted octanol–water partition coefficient (Wildman–Crippen LogP) is 0.562. The van der Waals surface area contributed by atoms with Gasteiger partial charge in [0.2, 0.25) is 0 Å². The van der Waals surface area contributed by atoms with Crippen molar-refractivity contribution in [3.63, 3.8) is 0 Å². The number of rotatable bonds is 1. The van der Waals surface area contributed by atoms with Crippen molar-refractivity contribution in [3.8, 4) is 0 Å². The smallest absolute Gasteiger partial charge is 0.309 e. The second-order valence-electron chi connectivity index (χ2n) is 2.90. The van der Waals surface area contributed by atoms with Crippen LogP contribution in [0.3, 0.4) is 0 Å². The molecule has 1 heterocycles. The lowest BCUT2D eigenvalue weighted by atomic mass is 10.1. The molecule has 0 N–H and O–H groups in total. The first-order valence-electron chi connectivity index (χ1n) is 3.81. The Morgan fingerprint density at radius 3 is 3.25 bits per heavy atom. The number of hydrogen-bond acceptors (Lipinski definition) is 4. The van der Waals surface area contributed by atoms with Crippen molar-refractivity contribution in [1.29, 1.82) is 0 Å². The number of hydrogen-bond donors (Lipinski definition) is 0. The lowest BCUT2D eigenvalue weighted by Gasteiger charge is -2.03. The summed E-state index contributed by atoms with van der Waals surface area (Å²) < 4.78 is 9.58. The molecule has 0 amide bonds. The standard InChI is InChI=1S/C8H9NO3/c1-11-8(10)5-2-6-4-9-12-7(6)3-5/h4-5H,2-3H2,1H3. The average Bonchev–Trinajstić information content (AvgIpc) is 2.60. The molecule has 1 aliphatic rings. The second kappa shape index (κ2) is 2.62. The lowest BCUT2D eigenvalue weighted by molar-refractivity contribution is -0.145. The third-order valence-electron chi connectivity index (χ3n) is 2.16. The highest BCUT2D eigenvalue weighted by molar-refractivity contribution is 5.73. The van der Waals surface area contributed by atoms with Crippen LogP contribution in [0.2, 0.25) is 0 Å². The van der Waals surface area contributed by atoms with Crippen LogP contribution < -0.4 is 0 Å². The van der Waals surface area contributed by atoms with Crippen LogP contribution in [0.25, 0.3) is 0 Å². The molecule has 4 heteroatoms. The Hall–Kier alpha value is -1.32. The molecule has 12 heavy (non-hydrogen) atoms. The number of aromatic nitrogens is 1. The normalized spacial score (nSPS) is 20.6. The van der Waals surface area contributed by atoms with Gasteiger partial charge >= 0.3 is 5.97 Å². The fraction of sp³-hybridized carbons (Fsp3) is 0.500. The third kappa shape index (κ3) is 0.995. The predicted molar refractivity (Wildman–Crippen MR) is 39.4 cm³/mol. The summed E-state index contributed by atoms with van der Waals surface area (Å²) in [5.74, 6) is 0.596. The summed E-state index contributed by atoms with van der Waals surface area (Å²) in [5, 5.41) is 3.64. The Balaban J connectivity index is 2.12. The van der Waals surface area contributed by atoms with Gasteiger partial charge in [0.25, 0.3) is 0 Å². The number of nitrogens with zero attached hydrogens (tertiary/aromatic N) is 1. The molecule has 0 bridgehead atoms. The van der Waals surface area contributed by atoms with E-state index in [1.54, 1.807) is 6.20 Å². The van der Waals surface area contributed by atoms with E-state index in [-0.39, 0.29) is 11.9 Å². The zero-order valence-electron chi connectivity index (χ0n) is 6.74. The van der Waals surface area contributed by atoms with Crippen molar-refractivity contribution < 1.29 is 14.1 Å². The molecule has 4 nitrogen and oxygen atoms in total. The van der Waals surface area contributed by atoms with Gasteiger partial charge in [0, 0.05) is 12.0 Å². The minimum Gasteiger partial charge on any atom is -0.469 e. The number of methoxy groups -OCH3 is 1. The van der Waals surface area contributed by atoms with E-state index in [4.69, 9.17) is 4.52 Å². The van der Waals surface area contributed by atoms with E-state index in [1.807, 2.05) is 0 Å². The molecule has 64 valence electrons. The Bertz CT molecular complexity index is 285. The van der Waals surface area contributed by atoms with Crippen LogP contribution in [0.4, 0.5) is 0 Å². The number of esters is 1. The zero-order valence-corrected chi connectivity index (χ0v) is 6.74. The molecule has 1 unspecified atom stereocenters. The molecule has 2 rings (SSSR count). The number of fused-ring (bicyclic) bond motifs is 1. The molecule has 1 aromatic heterocycles. The van der Waals surface area contributed by atoms with Crippen LogP contribution in [0.5, 0.6) is 0 Å². The van der Waals surface area contributed by atoms with Gasteiger partial charge in [-0.15, -0.1) is 0 Å². The summed E-state index contributed by atoms with van der Waals surface area (Å²) in [4.78, 5) is 11.1. The van der Waals surface area contributed by atoms with Gasteiger partial charge in [-0.05, 0) is 6.42 Å². The molecule has 0 aromatic carbocycles. The summed E-state index contributed by atoms with van der Waals surface area (Å²) in [5.41, 5.74) is 1.03. The van der Waals surface area contributed by atoms with E-state index in [0.29, 0.717) is 12.8 Å². The van der Waals surface area contributed by atoms with E-state index >= 15 is 0 Å². The number of ether oxygens (including phenoxy) is 1. The van der Waals surface area contributed by atoms with E-state index in [0.717, 1.165) is 11.3 Å². The van der Waals surface area contributed by atoms with Crippen molar-refractivity contribution >= 4 is 5.97 Å². The molecule has 0 radical (unpaired) electrons. The van der Waals surface area contributed by atoms with Gasteiger partial charge in [0.15, 0.2) is 0 Å². The summed E-state index contributed by atoms with van der Waals surface area (Å²) >= 11 is 0.